The number of benzene rings is 1. The zero-order chi connectivity index (χ0) is 12.4. The first-order valence-corrected chi connectivity index (χ1v) is 5.51. The summed E-state index contributed by atoms with van der Waals surface area (Å²) in [5, 5.41) is 9.94. The maximum atomic E-state index is 11.0. The van der Waals surface area contributed by atoms with E-state index in [-0.39, 0.29) is 0 Å². The number of hydrogen-bond donors (Lipinski definition) is 1. The summed E-state index contributed by atoms with van der Waals surface area (Å²) in [6.45, 7) is 3.40. The van der Waals surface area contributed by atoms with Gasteiger partial charge in [-0.15, -0.1) is 0 Å². The molecule has 17 heavy (non-hydrogen) atoms. The average Bonchev–Trinajstić information content (AvgIpc) is 2.67. The molecule has 0 aliphatic heterocycles. The maximum Gasteiger partial charge on any atom is 0.335 e. The van der Waals surface area contributed by atoms with Crippen molar-refractivity contribution < 1.29 is 14.6 Å². The van der Waals surface area contributed by atoms with Crippen LogP contribution in [0.1, 0.15) is 22.8 Å². The van der Waals surface area contributed by atoms with Crippen LogP contribution in [0.3, 0.4) is 0 Å². The van der Waals surface area contributed by atoms with Crippen molar-refractivity contribution in [3.8, 4) is 0 Å². The summed E-state index contributed by atoms with van der Waals surface area (Å²) >= 11 is 0. The first kappa shape index (κ1) is 11.7. The highest BCUT2D eigenvalue weighted by atomic mass is 16.5. The van der Waals surface area contributed by atoms with Crippen LogP contribution < -0.4 is 0 Å². The highest BCUT2D eigenvalue weighted by Crippen LogP contribution is 2.23. The third-order valence-corrected chi connectivity index (χ3v) is 2.85. The Labute approximate surface area is 99.4 Å². The Morgan fingerprint density at radius 1 is 1.47 bits per heavy atom. The van der Waals surface area contributed by atoms with Gasteiger partial charge < -0.3 is 14.4 Å². The second kappa shape index (κ2) is 4.59. The molecule has 0 bridgehead atoms. The predicted octanol–water partition coefficient (Wildman–Crippen LogP) is 2.51. The van der Waals surface area contributed by atoms with Crippen molar-refractivity contribution in [3.63, 3.8) is 0 Å². The summed E-state index contributed by atoms with van der Waals surface area (Å²) in [5.41, 5.74) is 2.38. The molecule has 1 aromatic heterocycles. The van der Waals surface area contributed by atoms with E-state index in [0.717, 1.165) is 23.0 Å². The Kier molecular flexibility index (Phi) is 3.15. The van der Waals surface area contributed by atoms with E-state index in [9.17, 15) is 4.79 Å². The largest absolute Gasteiger partial charge is 0.478 e. The van der Waals surface area contributed by atoms with Crippen LogP contribution in [-0.2, 0) is 17.9 Å². The molecule has 0 spiro atoms. The van der Waals surface area contributed by atoms with Crippen LogP contribution >= 0.6 is 0 Å². The molecule has 0 radical (unpaired) electrons. The Morgan fingerprint density at radius 3 is 2.82 bits per heavy atom. The molecule has 0 saturated carbocycles. The van der Waals surface area contributed by atoms with Gasteiger partial charge in [0.25, 0.3) is 0 Å². The minimum absolute atomic E-state index is 0.309. The van der Waals surface area contributed by atoms with E-state index in [1.807, 2.05) is 12.3 Å². The van der Waals surface area contributed by atoms with Crippen LogP contribution in [0.5, 0.6) is 0 Å². The summed E-state index contributed by atoms with van der Waals surface area (Å²) in [7, 11) is 1.64. The second-order valence-corrected chi connectivity index (χ2v) is 3.91. The minimum atomic E-state index is -0.903. The van der Waals surface area contributed by atoms with Gasteiger partial charge in [-0.3, -0.25) is 0 Å². The summed E-state index contributed by atoms with van der Waals surface area (Å²) < 4.78 is 7.23. The smallest absolute Gasteiger partial charge is 0.335 e. The molecular formula is C13H15NO3. The van der Waals surface area contributed by atoms with Crippen molar-refractivity contribution in [1.29, 1.82) is 0 Å². The normalized spacial score (nSPS) is 10.9. The Bertz CT molecular complexity index is 557. The zero-order valence-electron chi connectivity index (χ0n) is 9.93. The van der Waals surface area contributed by atoms with Crippen molar-refractivity contribution in [2.75, 3.05) is 7.11 Å². The molecule has 0 fully saturated rings. The predicted molar refractivity (Wildman–Crippen MR) is 65.3 cm³/mol. The van der Waals surface area contributed by atoms with Gasteiger partial charge in [0.15, 0.2) is 0 Å². The number of nitrogens with zero attached hydrogens (tertiary/aromatic N) is 1. The number of carboxylic acids is 1. The van der Waals surface area contributed by atoms with E-state index in [1.165, 1.54) is 0 Å². The van der Waals surface area contributed by atoms with Gasteiger partial charge in [0.05, 0.1) is 12.2 Å². The second-order valence-electron chi connectivity index (χ2n) is 3.91. The van der Waals surface area contributed by atoms with Crippen LogP contribution in [0.2, 0.25) is 0 Å². The lowest BCUT2D eigenvalue weighted by Gasteiger charge is -2.01. The fourth-order valence-corrected chi connectivity index (χ4v) is 2.04. The monoisotopic (exact) mass is 233 g/mol. The molecule has 2 aromatic rings. The fraction of sp³-hybridized carbons (Fsp3) is 0.308. The molecule has 0 unspecified atom stereocenters. The van der Waals surface area contributed by atoms with E-state index >= 15 is 0 Å². The topological polar surface area (TPSA) is 51.5 Å². The number of carboxylic acid groups (broad SMARTS) is 1. The number of carbonyl (C=O) groups is 1. The molecule has 0 saturated heterocycles. The lowest BCUT2D eigenvalue weighted by molar-refractivity contribution is 0.0697. The summed E-state index contributed by atoms with van der Waals surface area (Å²) in [6, 6.07) is 5.19. The first-order valence-electron chi connectivity index (χ1n) is 5.51. The molecule has 0 atom stereocenters. The van der Waals surface area contributed by atoms with E-state index < -0.39 is 5.97 Å². The fourth-order valence-electron chi connectivity index (χ4n) is 2.04. The zero-order valence-corrected chi connectivity index (χ0v) is 9.93. The summed E-state index contributed by atoms with van der Waals surface area (Å²) in [6.07, 6.45) is 2.01. The lowest BCUT2D eigenvalue weighted by Crippen LogP contribution is -1.96. The number of fused-ring (bicyclic) bond motifs is 1. The SMILES string of the molecule is CCn1cc(COC)c2cc(C(=O)O)ccc21. The molecule has 1 heterocycles. The molecule has 1 aromatic carbocycles. The van der Waals surface area contributed by atoms with Gasteiger partial charge in [-0.05, 0) is 25.1 Å². The van der Waals surface area contributed by atoms with Gasteiger partial charge in [-0.2, -0.15) is 0 Å². The van der Waals surface area contributed by atoms with Gasteiger partial charge in [-0.25, -0.2) is 4.79 Å². The van der Waals surface area contributed by atoms with Crippen molar-refractivity contribution >= 4 is 16.9 Å². The molecule has 0 aliphatic rings. The standard InChI is InChI=1S/C13H15NO3/c1-3-14-7-10(8-17-2)11-6-9(13(15)16)4-5-12(11)14/h4-7H,3,8H2,1-2H3,(H,15,16). The van der Waals surface area contributed by atoms with Gasteiger partial charge in [-0.1, -0.05) is 0 Å². The van der Waals surface area contributed by atoms with Gasteiger partial charge in [0.2, 0.25) is 0 Å². The van der Waals surface area contributed by atoms with Gasteiger partial charge in [0.1, 0.15) is 0 Å². The van der Waals surface area contributed by atoms with E-state index in [4.69, 9.17) is 9.84 Å². The molecule has 90 valence electrons. The lowest BCUT2D eigenvalue weighted by atomic mass is 10.1. The van der Waals surface area contributed by atoms with Crippen molar-refractivity contribution in [3.05, 3.63) is 35.5 Å². The molecule has 4 heteroatoms. The van der Waals surface area contributed by atoms with Crippen molar-refractivity contribution in [2.45, 2.75) is 20.1 Å². The number of hydrogen-bond acceptors (Lipinski definition) is 2. The average molecular weight is 233 g/mol. The summed E-state index contributed by atoms with van der Waals surface area (Å²) in [4.78, 5) is 11.0. The van der Waals surface area contributed by atoms with E-state index in [2.05, 4.69) is 11.5 Å². The van der Waals surface area contributed by atoms with Crippen LogP contribution in [0.4, 0.5) is 0 Å². The number of rotatable bonds is 4. The Hall–Kier alpha value is -1.81. The highest BCUT2D eigenvalue weighted by molar-refractivity contribution is 5.94. The molecule has 0 aliphatic carbocycles. The number of methoxy groups -OCH3 is 1. The minimum Gasteiger partial charge on any atom is -0.478 e. The van der Waals surface area contributed by atoms with Crippen molar-refractivity contribution in [1.82, 2.24) is 4.57 Å². The molecule has 2 rings (SSSR count). The quantitative estimate of drug-likeness (QED) is 0.882. The van der Waals surface area contributed by atoms with E-state index in [0.29, 0.717) is 12.2 Å². The highest BCUT2D eigenvalue weighted by Gasteiger charge is 2.10. The van der Waals surface area contributed by atoms with Gasteiger partial charge in [0, 0.05) is 36.3 Å². The molecule has 4 nitrogen and oxygen atoms in total. The Morgan fingerprint density at radius 2 is 2.24 bits per heavy atom. The van der Waals surface area contributed by atoms with Gasteiger partial charge >= 0.3 is 5.97 Å². The van der Waals surface area contributed by atoms with Crippen molar-refractivity contribution in [2.24, 2.45) is 0 Å². The molecular weight excluding hydrogens is 218 g/mol. The maximum absolute atomic E-state index is 11.0. The van der Waals surface area contributed by atoms with Crippen LogP contribution in [0.15, 0.2) is 24.4 Å². The number of aryl methyl sites for hydroxylation is 1. The Balaban J connectivity index is 2.64. The van der Waals surface area contributed by atoms with Crippen LogP contribution in [0, 0.1) is 0 Å². The molecule has 0 amide bonds. The number of ether oxygens (including phenoxy) is 1. The number of aromatic nitrogens is 1. The third kappa shape index (κ3) is 2.03. The number of aromatic carboxylic acids is 1. The molecule has 1 N–H and O–H groups in total. The van der Waals surface area contributed by atoms with E-state index in [1.54, 1.807) is 19.2 Å². The van der Waals surface area contributed by atoms with Crippen LogP contribution in [-0.4, -0.2) is 22.8 Å². The van der Waals surface area contributed by atoms with Crippen LogP contribution in [0.25, 0.3) is 10.9 Å². The summed E-state index contributed by atoms with van der Waals surface area (Å²) in [5.74, 6) is -0.903. The third-order valence-electron chi connectivity index (χ3n) is 2.85. The first-order chi connectivity index (χ1) is 8.17.